The molecule has 18 heavy (non-hydrogen) atoms. The van der Waals surface area contributed by atoms with Crippen molar-refractivity contribution in [2.24, 2.45) is 5.92 Å². The van der Waals surface area contributed by atoms with Gasteiger partial charge in [0.15, 0.2) is 0 Å². The molecule has 0 aliphatic carbocycles. The number of hydrogen-bond acceptors (Lipinski definition) is 3. The van der Waals surface area contributed by atoms with Gasteiger partial charge in [0.25, 0.3) is 0 Å². The maximum atomic E-state index is 12.0. The van der Waals surface area contributed by atoms with Crippen molar-refractivity contribution >= 4 is 6.09 Å². The average Bonchev–Trinajstić information content (AvgIpc) is 2.38. The van der Waals surface area contributed by atoms with Crippen LogP contribution in [0.1, 0.15) is 52.9 Å². The van der Waals surface area contributed by atoms with E-state index in [4.69, 9.17) is 9.47 Å². The second kappa shape index (κ2) is 8.35. The Labute approximate surface area is 111 Å². The van der Waals surface area contributed by atoms with E-state index in [0.717, 1.165) is 38.8 Å². The number of unbranched alkanes of at least 4 members (excludes halogenated alkanes) is 1. The number of hydrogen-bond donors (Lipinski definition) is 0. The topological polar surface area (TPSA) is 38.8 Å². The minimum absolute atomic E-state index is 0.190. The van der Waals surface area contributed by atoms with Gasteiger partial charge in [-0.15, -0.1) is 0 Å². The Morgan fingerprint density at radius 1 is 1.22 bits per heavy atom. The van der Waals surface area contributed by atoms with Crippen LogP contribution in [0.2, 0.25) is 0 Å². The molecule has 0 aromatic heterocycles. The van der Waals surface area contributed by atoms with E-state index < -0.39 is 6.29 Å². The summed E-state index contributed by atoms with van der Waals surface area (Å²) in [5, 5.41) is 0. The van der Waals surface area contributed by atoms with Crippen LogP contribution >= 0.6 is 0 Å². The van der Waals surface area contributed by atoms with Crippen molar-refractivity contribution in [1.29, 1.82) is 0 Å². The Kier molecular flexibility index (Phi) is 7.09. The summed E-state index contributed by atoms with van der Waals surface area (Å²) < 4.78 is 11.1. The first-order chi connectivity index (χ1) is 8.65. The molecule has 0 N–H and O–H groups in total. The number of carbonyl (C=O) groups excluding carboxylic acids is 1. The van der Waals surface area contributed by atoms with Gasteiger partial charge in [0, 0.05) is 19.0 Å². The Balaban J connectivity index is 2.36. The monoisotopic (exact) mass is 257 g/mol. The van der Waals surface area contributed by atoms with Crippen molar-refractivity contribution in [3.63, 3.8) is 0 Å². The molecule has 1 amide bonds. The number of amides is 1. The van der Waals surface area contributed by atoms with Gasteiger partial charge in [-0.05, 0) is 25.7 Å². The predicted octanol–water partition coefficient (Wildman–Crippen LogP) is 3.41. The fraction of sp³-hybridized carbons (Fsp3) is 0.929. The molecule has 106 valence electrons. The van der Waals surface area contributed by atoms with Gasteiger partial charge in [0.2, 0.25) is 6.29 Å². The van der Waals surface area contributed by atoms with E-state index in [0.29, 0.717) is 6.61 Å². The van der Waals surface area contributed by atoms with Gasteiger partial charge in [-0.1, -0.05) is 27.2 Å². The fourth-order valence-corrected chi connectivity index (χ4v) is 1.96. The number of carbonyl (C=O) groups is 1. The van der Waals surface area contributed by atoms with Crippen LogP contribution in [-0.2, 0) is 9.47 Å². The van der Waals surface area contributed by atoms with Crippen LogP contribution in [0.5, 0.6) is 0 Å². The molecule has 1 aliphatic heterocycles. The number of nitrogens with zero attached hydrogens (tertiary/aromatic N) is 1. The molecule has 0 saturated carbocycles. The van der Waals surface area contributed by atoms with Crippen molar-refractivity contribution in [2.45, 2.75) is 59.2 Å². The third kappa shape index (κ3) is 5.25. The molecular formula is C14H27NO3. The SMILES string of the molecule is CCCCOC(OC(=O)N1CCCCC1)C(C)C. The van der Waals surface area contributed by atoms with Crippen LogP contribution in [0, 0.1) is 5.92 Å². The van der Waals surface area contributed by atoms with Gasteiger partial charge < -0.3 is 14.4 Å². The summed E-state index contributed by atoms with van der Waals surface area (Å²) in [4.78, 5) is 13.8. The largest absolute Gasteiger partial charge is 0.419 e. The average molecular weight is 257 g/mol. The van der Waals surface area contributed by atoms with Crippen molar-refractivity contribution in [3.8, 4) is 0 Å². The molecule has 1 aliphatic rings. The Morgan fingerprint density at radius 3 is 2.44 bits per heavy atom. The van der Waals surface area contributed by atoms with Crippen LogP contribution in [0.15, 0.2) is 0 Å². The van der Waals surface area contributed by atoms with E-state index in [1.54, 1.807) is 4.90 Å². The molecule has 0 aromatic carbocycles. The predicted molar refractivity (Wildman–Crippen MR) is 71.4 cm³/mol. The van der Waals surface area contributed by atoms with Crippen LogP contribution in [-0.4, -0.2) is 37.0 Å². The Bertz CT molecular complexity index is 237. The first-order valence-electron chi connectivity index (χ1n) is 7.22. The zero-order valence-electron chi connectivity index (χ0n) is 12.0. The molecule has 0 spiro atoms. The summed E-state index contributed by atoms with van der Waals surface area (Å²) in [6, 6.07) is 0. The zero-order valence-corrected chi connectivity index (χ0v) is 12.0. The molecule has 1 unspecified atom stereocenters. The summed E-state index contributed by atoms with van der Waals surface area (Å²) in [5.41, 5.74) is 0. The lowest BCUT2D eigenvalue weighted by Crippen LogP contribution is -2.39. The standard InChI is InChI=1S/C14H27NO3/c1-4-5-11-17-13(12(2)3)18-14(16)15-9-7-6-8-10-15/h12-13H,4-11H2,1-3H3. The lowest BCUT2D eigenvalue weighted by atomic mass is 10.1. The zero-order chi connectivity index (χ0) is 13.4. The maximum absolute atomic E-state index is 12.0. The highest BCUT2D eigenvalue weighted by Gasteiger charge is 2.24. The molecule has 1 heterocycles. The molecule has 0 aromatic rings. The smallest absolute Gasteiger partial charge is 0.412 e. The van der Waals surface area contributed by atoms with Gasteiger partial charge in [0.05, 0.1) is 6.61 Å². The normalized spacial score (nSPS) is 17.9. The van der Waals surface area contributed by atoms with E-state index >= 15 is 0 Å². The summed E-state index contributed by atoms with van der Waals surface area (Å²) >= 11 is 0. The summed E-state index contributed by atoms with van der Waals surface area (Å²) in [7, 11) is 0. The highest BCUT2D eigenvalue weighted by Crippen LogP contribution is 2.14. The van der Waals surface area contributed by atoms with Gasteiger partial charge >= 0.3 is 6.09 Å². The Morgan fingerprint density at radius 2 is 1.89 bits per heavy atom. The molecule has 1 saturated heterocycles. The van der Waals surface area contributed by atoms with Crippen LogP contribution in [0.4, 0.5) is 4.79 Å². The lowest BCUT2D eigenvalue weighted by Gasteiger charge is -2.29. The summed E-state index contributed by atoms with van der Waals surface area (Å²) in [6.07, 6.45) is 4.84. The third-order valence-electron chi connectivity index (χ3n) is 3.16. The van der Waals surface area contributed by atoms with E-state index in [1.807, 2.05) is 13.8 Å². The number of rotatable bonds is 6. The molecule has 4 heteroatoms. The minimum Gasteiger partial charge on any atom is -0.419 e. The highest BCUT2D eigenvalue weighted by molar-refractivity contribution is 5.67. The number of likely N-dealkylation sites (tertiary alicyclic amines) is 1. The Hall–Kier alpha value is -0.770. The molecule has 1 fully saturated rings. The first kappa shape index (κ1) is 15.3. The van der Waals surface area contributed by atoms with E-state index in [-0.39, 0.29) is 12.0 Å². The van der Waals surface area contributed by atoms with Crippen LogP contribution < -0.4 is 0 Å². The highest BCUT2D eigenvalue weighted by atomic mass is 16.7. The second-order valence-electron chi connectivity index (χ2n) is 5.27. The fourth-order valence-electron chi connectivity index (χ4n) is 1.96. The van der Waals surface area contributed by atoms with Crippen LogP contribution in [0.3, 0.4) is 0 Å². The third-order valence-corrected chi connectivity index (χ3v) is 3.16. The maximum Gasteiger partial charge on any atom is 0.412 e. The molecule has 0 radical (unpaired) electrons. The quantitative estimate of drug-likeness (QED) is 0.540. The minimum atomic E-state index is -0.411. The van der Waals surface area contributed by atoms with E-state index in [2.05, 4.69) is 6.92 Å². The van der Waals surface area contributed by atoms with Crippen molar-refractivity contribution in [3.05, 3.63) is 0 Å². The molecule has 1 atom stereocenters. The van der Waals surface area contributed by atoms with Crippen molar-refractivity contribution < 1.29 is 14.3 Å². The summed E-state index contributed by atoms with van der Waals surface area (Å²) in [5.74, 6) is 0.190. The van der Waals surface area contributed by atoms with Gasteiger partial charge in [-0.3, -0.25) is 0 Å². The van der Waals surface area contributed by atoms with Gasteiger partial charge in [-0.25, -0.2) is 4.79 Å². The molecule has 0 bridgehead atoms. The van der Waals surface area contributed by atoms with E-state index in [9.17, 15) is 4.79 Å². The molecular weight excluding hydrogens is 230 g/mol. The van der Waals surface area contributed by atoms with Crippen LogP contribution in [0.25, 0.3) is 0 Å². The van der Waals surface area contributed by atoms with Gasteiger partial charge in [0.1, 0.15) is 0 Å². The second-order valence-corrected chi connectivity index (χ2v) is 5.27. The number of piperidine rings is 1. The van der Waals surface area contributed by atoms with Crippen molar-refractivity contribution in [2.75, 3.05) is 19.7 Å². The first-order valence-corrected chi connectivity index (χ1v) is 7.22. The van der Waals surface area contributed by atoms with Gasteiger partial charge in [-0.2, -0.15) is 0 Å². The summed E-state index contributed by atoms with van der Waals surface area (Å²) in [6.45, 7) is 8.44. The number of ether oxygens (including phenoxy) is 2. The van der Waals surface area contributed by atoms with Crippen molar-refractivity contribution in [1.82, 2.24) is 4.90 Å². The lowest BCUT2D eigenvalue weighted by molar-refractivity contribution is -0.137. The molecule has 1 rings (SSSR count). The van der Waals surface area contributed by atoms with E-state index in [1.165, 1.54) is 6.42 Å². The molecule has 4 nitrogen and oxygen atoms in total.